The van der Waals surface area contributed by atoms with Crippen molar-refractivity contribution in [2.45, 2.75) is 31.2 Å². The van der Waals surface area contributed by atoms with Crippen LogP contribution in [0.2, 0.25) is 0 Å². The fourth-order valence-electron chi connectivity index (χ4n) is 2.34. The summed E-state index contributed by atoms with van der Waals surface area (Å²) < 4.78 is 0. The van der Waals surface area contributed by atoms with E-state index < -0.39 is 0 Å². The summed E-state index contributed by atoms with van der Waals surface area (Å²) in [5, 5.41) is 0. The Kier molecular flexibility index (Phi) is 3.07. The second-order valence-electron chi connectivity index (χ2n) is 4.88. The average molecular weight is 239 g/mol. The number of aromatic nitrogens is 2. The van der Waals surface area contributed by atoms with Crippen LogP contribution < -0.4 is 5.73 Å². The molecule has 1 aromatic heterocycles. The molecule has 0 radical (unpaired) electrons. The van der Waals surface area contributed by atoms with Crippen LogP contribution >= 0.6 is 0 Å². The number of hydrogen-bond donors (Lipinski definition) is 1. The van der Waals surface area contributed by atoms with E-state index in [4.69, 9.17) is 5.73 Å². The van der Waals surface area contributed by atoms with Crippen molar-refractivity contribution in [2.24, 2.45) is 5.73 Å². The Morgan fingerprint density at radius 2 is 1.72 bits per heavy atom. The third-order valence-corrected chi connectivity index (χ3v) is 3.74. The van der Waals surface area contributed by atoms with E-state index in [1.54, 1.807) is 18.5 Å². The van der Waals surface area contributed by atoms with Gasteiger partial charge >= 0.3 is 0 Å². The van der Waals surface area contributed by atoms with E-state index in [1.807, 2.05) is 0 Å². The van der Waals surface area contributed by atoms with E-state index in [-0.39, 0.29) is 6.04 Å². The first-order valence-electron chi connectivity index (χ1n) is 6.47. The fraction of sp³-hybridized carbons (Fsp3) is 0.333. The van der Waals surface area contributed by atoms with Gasteiger partial charge in [-0.2, -0.15) is 0 Å². The summed E-state index contributed by atoms with van der Waals surface area (Å²) in [6.07, 6.45) is 7.47. The highest BCUT2D eigenvalue weighted by Crippen LogP contribution is 2.36. The zero-order chi connectivity index (χ0) is 12.4. The van der Waals surface area contributed by atoms with E-state index >= 15 is 0 Å². The summed E-state index contributed by atoms with van der Waals surface area (Å²) in [5.74, 6) is 1.44. The van der Waals surface area contributed by atoms with Crippen LogP contribution in [-0.4, -0.2) is 9.97 Å². The van der Waals surface area contributed by atoms with Gasteiger partial charge in [0.1, 0.15) is 5.82 Å². The molecule has 3 nitrogen and oxygen atoms in total. The minimum absolute atomic E-state index is 0.235. The molecule has 2 N–H and O–H groups in total. The molecular formula is C15H17N3. The number of rotatable bonds is 3. The average Bonchev–Trinajstić information content (AvgIpc) is 2.38. The largest absolute Gasteiger partial charge is 0.318 e. The normalized spacial score (nSPS) is 17.2. The minimum atomic E-state index is -0.235. The first-order valence-corrected chi connectivity index (χ1v) is 6.47. The van der Waals surface area contributed by atoms with Crippen molar-refractivity contribution in [1.29, 1.82) is 0 Å². The van der Waals surface area contributed by atoms with Gasteiger partial charge in [0.25, 0.3) is 0 Å². The van der Waals surface area contributed by atoms with Gasteiger partial charge in [-0.1, -0.05) is 30.7 Å². The highest BCUT2D eigenvalue weighted by molar-refractivity contribution is 5.30. The van der Waals surface area contributed by atoms with Gasteiger partial charge in [-0.25, -0.2) is 9.97 Å². The minimum Gasteiger partial charge on any atom is -0.318 e. The van der Waals surface area contributed by atoms with Gasteiger partial charge in [-0.15, -0.1) is 0 Å². The van der Waals surface area contributed by atoms with E-state index in [0.717, 1.165) is 11.5 Å². The summed E-state index contributed by atoms with van der Waals surface area (Å²) in [6, 6.07) is 10.2. The SMILES string of the molecule is NC(c1ccc(C2CCC2)cc1)c1ncccn1. The Bertz CT molecular complexity index is 503. The summed E-state index contributed by atoms with van der Waals surface area (Å²) >= 11 is 0. The lowest BCUT2D eigenvalue weighted by Crippen LogP contribution is -2.15. The van der Waals surface area contributed by atoms with E-state index in [1.165, 1.54) is 24.8 Å². The lowest BCUT2D eigenvalue weighted by atomic mass is 9.80. The van der Waals surface area contributed by atoms with Crippen molar-refractivity contribution >= 4 is 0 Å². The zero-order valence-corrected chi connectivity index (χ0v) is 10.3. The summed E-state index contributed by atoms with van der Waals surface area (Å²) in [6.45, 7) is 0. The van der Waals surface area contributed by atoms with Gasteiger partial charge in [0.05, 0.1) is 6.04 Å². The van der Waals surface area contributed by atoms with Crippen LogP contribution in [0.25, 0.3) is 0 Å². The number of nitrogens with zero attached hydrogens (tertiary/aromatic N) is 2. The predicted molar refractivity (Wildman–Crippen MR) is 71.1 cm³/mol. The Morgan fingerprint density at radius 1 is 1.06 bits per heavy atom. The third kappa shape index (κ3) is 2.14. The van der Waals surface area contributed by atoms with Crippen molar-refractivity contribution in [3.63, 3.8) is 0 Å². The lowest BCUT2D eigenvalue weighted by Gasteiger charge is -2.26. The van der Waals surface area contributed by atoms with Gasteiger partial charge in [0.2, 0.25) is 0 Å². The number of benzene rings is 1. The highest BCUT2D eigenvalue weighted by atomic mass is 14.9. The molecule has 92 valence electrons. The van der Waals surface area contributed by atoms with E-state index in [9.17, 15) is 0 Å². The molecule has 0 saturated heterocycles. The van der Waals surface area contributed by atoms with Crippen LogP contribution in [0, 0.1) is 0 Å². The van der Waals surface area contributed by atoms with Crippen molar-refractivity contribution < 1.29 is 0 Å². The van der Waals surface area contributed by atoms with E-state index in [2.05, 4.69) is 34.2 Å². The van der Waals surface area contributed by atoms with Crippen molar-refractivity contribution in [3.05, 3.63) is 59.7 Å². The van der Waals surface area contributed by atoms with Gasteiger partial charge in [0.15, 0.2) is 0 Å². The quantitative estimate of drug-likeness (QED) is 0.896. The highest BCUT2D eigenvalue weighted by Gasteiger charge is 2.19. The fourth-order valence-corrected chi connectivity index (χ4v) is 2.34. The van der Waals surface area contributed by atoms with Crippen molar-refractivity contribution in [1.82, 2.24) is 9.97 Å². The molecule has 0 spiro atoms. The first kappa shape index (κ1) is 11.4. The standard InChI is InChI=1S/C15H17N3/c16-14(15-17-9-2-10-18-15)13-7-5-12(6-8-13)11-3-1-4-11/h2,5-11,14H,1,3-4,16H2. The number of nitrogens with two attached hydrogens (primary N) is 1. The second-order valence-corrected chi connectivity index (χ2v) is 4.88. The molecule has 2 aromatic rings. The van der Waals surface area contributed by atoms with Gasteiger partial charge in [-0.05, 0) is 36.0 Å². The van der Waals surface area contributed by atoms with Crippen LogP contribution in [0.3, 0.4) is 0 Å². The van der Waals surface area contributed by atoms with Gasteiger partial charge in [0, 0.05) is 12.4 Å². The zero-order valence-electron chi connectivity index (χ0n) is 10.3. The molecule has 0 bridgehead atoms. The molecule has 18 heavy (non-hydrogen) atoms. The van der Waals surface area contributed by atoms with Gasteiger partial charge < -0.3 is 5.73 Å². The number of hydrogen-bond acceptors (Lipinski definition) is 3. The second kappa shape index (κ2) is 4.86. The molecule has 3 rings (SSSR count). The summed E-state index contributed by atoms with van der Waals surface area (Å²) in [5.41, 5.74) is 8.67. The molecule has 1 aliphatic carbocycles. The van der Waals surface area contributed by atoms with Crippen LogP contribution in [0.5, 0.6) is 0 Å². The first-order chi connectivity index (χ1) is 8.84. The van der Waals surface area contributed by atoms with Crippen LogP contribution in [0.15, 0.2) is 42.7 Å². The molecule has 3 heteroatoms. The summed E-state index contributed by atoms with van der Waals surface area (Å²) in [7, 11) is 0. The third-order valence-electron chi connectivity index (χ3n) is 3.74. The Morgan fingerprint density at radius 3 is 2.28 bits per heavy atom. The summed E-state index contributed by atoms with van der Waals surface area (Å²) in [4.78, 5) is 8.41. The maximum atomic E-state index is 6.16. The Hall–Kier alpha value is -1.74. The molecule has 1 aromatic carbocycles. The molecule has 1 atom stereocenters. The molecule has 0 aliphatic heterocycles. The monoisotopic (exact) mass is 239 g/mol. The maximum Gasteiger partial charge on any atom is 0.149 e. The molecule has 1 unspecified atom stereocenters. The molecule has 0 amide bonds. The van der Waals surface area contributed by atoms with Crippen molar-refractivity contribution in [2.75, 3.05) is 0 Å². The topological polar surface area (TPSA) is 51.8 Å². The lowest BCUT2D eigenvalue weighted by molar-refractivity contribution is 0.419. The Labute approximate surface area is 107 Å². The van der Waals surface area contributed by atoms with Crippen LogP contribution in [0.1, 0.15) is 48.2 Å². The smallest absolute Gasteiger partial charge is 0.149 e. The molecular weight excluding hydrogens is 222 g/mol. The van der Waals surface area contributed by atoms with E-state index in [0.29, 0.717) is 5.82 Å². The maximum absolute atomic E-state index is 6.16. The van der Waals surface area contributed by atoms with Crippen molar-refractivity contribution in [3.8, 4) is 0 Å². The van der Waals surface area contributed by atoms with Gasteiger partial charge in [-0.3, -0.25) is 0 Å². The van der Waals surface area contributed by atoms with Crippen LogP contribution in [-0.2, 0) is 0 Å². The molecule has 1 saturated carbocycles. The molecule has 1 aliphatic rings. The van der Waals surface area contributed by atoms with Crippen LogP contribution in [0.4, 0.5) is 0 Å². The molecule has 1 heterocycles. The molecule has 1 fully saturated rings. The predicted octanol–water partition coefficient (Wildman–Crippen LogP) is 2.79. The Balaban J connectivity index is 1.80.